The van der Waals surface area contributed by atoms with E-state index in [1.165, 1.54) is 17.5 Å². The molecule has 38 heavy (non-hydrogen) atoms. The number of ether oxygens (including phenoxy) is 1. The molecule has 3 rings (SSSR count). The predicted molar refractivity (Wildman–Crippen MR) is 116 cm³/mol. The SMILES string of the molecule is O=C(NCC1CCN(C(=O)OC(C(F)(F)F)C(F)(F)F)CC1)Nc1csc(-c2ccc(C(F)(F)F)cc2)n1. The van der Waals surface area contributed by atoms with E-state index < -0.39 is 42.3 Å². The van der Waals surface area contributed by atoms with Crippen LogP contribution < -0.4 is 10.6 Å². The largest absolute Gasteiger partial charge is 0.434 e. The third-order valence-electron chi connectivity index (χ3n) is 5.44. The van der Waals surface area contributed by atoms with Crippen molar-refractivity contribution in [2.75, 3.05) is 25.0 Å². The van der Waals surface area contributed by atoms with Gasteiger partial charge < -0.3 is 15.0 Å². The molecule has 1 aromatic carbocycles. The van der Waals surface area contributed by atoms with Gasteiger partial charge in [-0.15, -0.1) is 11.3 Å². The Balaban J connectivity index is 1.44. The first-order chi connectivity index (χ1) is 17.5. The first-order valence-corrected chi connectivity index (χ1v) is 11.7. The lowest BCUT2D eigenvalue weighted by Gasteiger charge is -2.33. The number of hydrogen-bond donors (Lipinski definition) is 2. The zero-order valence-corrected chi connectivity index (χ0v) is 19.8. The standard InChI is InChI=1S/C21H19F9N4O3S/c22-19(23,24)13-3-1-12(2-4-13)15-32-14(10-38-15)33-17(35)31-9-11-5-7-34(8-6-11)18(36)37-16(20(25,26)27)21(28,29)30/h1-4,10-11,16H,5-9H2,(H2,31,33,35). The zero-order valence-electron chi connectivity index (χ0n) is 19.0. The highest BCUT2D eigenvalue weighted by Gasteiger charge is 2.60. The highest BCUT2D eigenvalue weighted by atomic mass is 32.1. The van der Waals surface area contributed by atoms with Crippen LogP contribution in [0.15, 0.2) is 29.6 Å². The van der Waals surface area contributed by atoms with Crippen molar-refractivity contribution in [1.29, 1.82) is 0 Å². The molecule has 3 amide bonds. The van der Waals surface area contributed by atoms with Crippen LogP contribution >= 0.6 is 11.3 Å². The molecule has 2 N–H and O–H groups in total. The van der Waals surface area contributed by atoms with E-state index in [0.29, 0.717) is 10.6 Å². The maximum atomic E-state index is 12.7. The Labute approximate surface area is 213 Å². The second-order valence-corrected chi connectivity index (χ2v) is 9.08. The minimum absolute atomic E-state index is 0.0956. The number of hydrogen-bond acceptors (Lipinski definition) is 5. The van der Waals surface area contributed by atoms with Gasteiger partial charge in [0.15, 0.2) is 0 Å². The topological polar surface area (TPSA) is 83.6 Å². The number of anilines is 1. The summed E-state index contributed by atoms with van der Waals surface area (Å²) in [6.07, 6.45) is -21.7. The summed E-state index contributed by atoms with van der Waals surface area (Å²) in [5.74, 6) is -0.0761. The van der Waals surface area contributed by atoms with Crippen molar-refractivity contribution in [2.45, 2.75) is 37.5 Å². The van der Waals surface area contributed by atoms with Crippen molar-refractivity contribution in [3.05, 3.63) is 35.2 Å². The molecule has 0 aliphatic carbocycles. The number of likely N-dealkylation sites (tertiary alicyclic amines) is 1. The van der Waals surface area contributed by atoms with Crippen LogP contribution in [0, 0.1) is 5.92 Å². The fourth-order valence-corrected chi connectivity index (χ4v) is 4.24. The fraction of sp³-hybridized carbons (Fsp3) is 0.476. The molecule has 1 fully saturated rings. The second-order valence-electron chi connectivity index (χ2n) is 8.23. The van der Waals surface area contributed by atoms with E-state index in [9.17, 15) is 49.1 Å². The molecule has 2 heterocycles. The van der Waals surface area contributed by atoms with Crippen molar-refractivity contribution in [2.24, 2.45) is 5.92 Å². The van der Waals surface area contributed by atoms with Crippen LogP contribution in [0.1, 0.15) is 18.4 Å². The first kappa shape index (κ1) is 29.3. The van der Waals surface area contributed by atoms with Gasteiger partial charge in [0.2, 0.25) is 0 Å². The van der Waals surface area contributed by atoms with Gasteiger partial charge in [-0.05, 0) is 30.9 Å². The number of carbonyl (C=O) groups excluding carboxylic acids is 2. The van der Waals surface area contributed by atoms with Gasteiger partial charge in [-0.25, -0.2) is 14.6 Å². The van der Waals surface area contributed by atoms with Gasteiger partial charge >= 0.3 is 30.7 Å². The van der Waals surface area contributed by atoms with Crippen LogP contribution in [0.5, 0.6) is 0 Å². The minimum atomic E-state index is -5.81. The molecule has 1 aliphatic heterocycles. The Bertz CT molecular complexity index is 1090. The third kappa shape index (κ3) is 7.88. The number of halogens is 9. The van der Waals surface area contributed by atoms with Gasteiger partial charge in [-0.2, -0.15) is 39.5 Å². The molecule has 0 atom stereocenters. The number of thiazole rings is 1. The minimum Gasteiger partial charge on any atom is -0.426 e. The summed E-state index contributed by atoms with van der Waals surface area (Å²) in [6, 6.07) is 3.66. The number of aromatic nitrogens is 1. The van der Waals surface area contributed by atoms with Crippen LogP contribution in [-0.4, -0.2) is 60.1 Å². The summed E-state index contributed by atoms with van der Waals surface area (Å²) in [7, 11) is 0. The van der Waals surface area contributed by atoms with Gasteiger partial charge in [0.05, 0.1) is 5.56 Å². The van der Waals surface area contributed by atoms with E-state index in [0.717, 1.165) is 28.4 Å². The van der Waals surface area contributed by atoms with Crippen LogP contribution in [0.4, 0.5) is 54.9 Å². The summed E-state index contributed by atoms with van der Waals surface area (Å²) < 4.78 is 117. The Kier molecular flexibility index (Phi) is 8.68. The Morgan fingerprint density at radius 3 is 2.11 bits per heavy atom. The third-order valence-corrected chi connectivity index (χ3v) is 6.33. The van der Waals surface area contributed by atoms with Crippen LogP contribution in [0.25, 0.3) is 10.6 Å². The van der Waals surface area contributed by atoms with E-state index >= 15 is 0 Å². The second kappa shape index (κ2) is 11.2. The molecule has 0 radical (unpaired) electrons. The number of carbonyl (C=O) groups is 2. The molecular formula is C21H19F9N4O3S. The van der Waals surface area contributed by atoms with E-state index in [2.05, 4.69) is 20.4 Å². The van der Waals surface area contributed by atoms with Crippen molar-refractivity contribution < 1.29 is 53.8 Å². The van der Waals surface area contributed by atoms with Crippen molar-refractivity contribution in [1.82, 2.24) is 15.2 Å². The molecule has 1 aliphatic rings. The number of nitrogens with zero attached hydrogens (tertiary/aromatic N) is 2. The van der Waals surface area contributed by atoms with Gasteiger partial charge in [0.25, 0.3) is 6.10 Å². The fourth-order valence-electron chi connectivity index (χ4n) is 3.48. The summed E-state index contributed by atoms with van der Waals surface area (Å²) in [5.41, 5.74) is -0.399. The van der Waals surface area contributed by atoms with E-state index in [1.807, 2.05) is 0 Å². The van der Waals surface area contributed by atoms with Crippen LogP contribution in [-0.2, 0) is 10.9 Å². The number of nitrogens with one attached hydrogen (secondary N) is 2. The molecule has 7 nitrogen and oxygen atoms in total. The number of rotatable bonds is 5. The molecule has 0 saturated carbocycles. The average Bonchev–Trinajstić information content (AvgIpc) is 3.28. The molecule has 17 heteroatoms. The van der Waals surface area contributed by atoms with Crippen LogP contribution in [0.3, 0.4) is 0 Å². The molecule has 0 unspecified atom stereocenters. The molecular weight excluding hydrogens is 559 g/mol. The predicted octanol–water partition coefficient (Wildman–Crippen LogP) is 6.29. The van der Waals surface area contributed by atoms with Gasteiger partial charge in [0, 0.05) is 30.6 Å². The molecule has 0 spiro atoms. The van der Waals surface area contributed by atoms with Gasteiger partial charge in [-0.1, -0.05) is 12.1 Å². The zero-order chi connectivity index (χ0) is 28.3. The normalized spacial score (nSPS) is 15.5. The van der Waals surface area contributed by atoms with Crippen molar-refractivity contribution in [3.63, 3.8) is 0 Å². The summed E-state index contributed by atoms with van der Waals surface area (Å²) in [5, 5.41) is 6.85. The number of alkyl halides is 9. The number of amides is 3. The van der Waals surface area contributed by atoms with E-state index in [1.54, 1.807) is 0 Å². The highest BCUT2D eigenvalue weighted by Crippen LogP contribution is 2.36. The van der Waals surface area contributed by atoms with Crippen molar-refractivity contribution in [3.8, 4) is 10.6 Å². The first-order valence-electron chi connectivity index (χ1n) is 10.8. The summed E-state index contributed by atoms with van der Waals surface area (Å²) in [4.78, 5) is 28.8. The Morgan fingerprint density at radius 2 is 1.58 bits per heavy atom. The van der Waals surface area contributed by atoms with Crippen LogP contribution in [0.2, 0.25) is 0 Å². The monoisotopic (exact) mass is 578 g/mol. The molecule has 1 aromatic heterocycles. The number of urea groups is 1. The van der Waals surface area contributed by atoms with Gasteiger partial charge in [0.1, 0.15) is 10.8 Å². The molecule has 0 bridgehead atoms. The number of benzene rings is 1. The van der Waals surface area contributed by atoms with Crippen molar-refractivity contribution >= 4 is 29.3 Å². The Morgan fingerprint density at radius 1 is 1.00 bits per heavy atom. The average molecular weight is 578 g/mol. The Hall–Kier alpha value is -3.24. The number of piperidine rings is 1. The molecule has 210 valence electrons. The molecule has 2 aromatic rings. The molecule has 1 saturated heterocycles. The lowest BCUT2D eigenvalue weighted by atomic mass is 9.97. The highest BCUT2D eigenvalue weighted by molar-refractivity contribution is 7.13. The van der Waals surface area contributed by atoms with E-state index in [-0.39, 0.29) is 44.2 Å². The maximum Gasteiger partial charge on any atom is 0.434 e. The summed E-state index contributed by atoms with van der Waals surface area (Å²) >= 11 is 1.09. The summed E-state index contributed by atoms with van der Waals surface area (Å²) in [6.45, 7) is -0.242. The van der Waals surface area contributed by atoms with Gasteiger partial charge in [-0.3, -0.25) is 5.32 Å². The lowest BCUT2D eigenvalue weighted by Crippen LogP contribution is -2.49. The maximum absolute atomic E-state index is 12.7. The smallest absolute Gasteiger partial charge is 0.426 e. The lowest BCUT2D eigenvalue weighted by molar-refractivity contribution is -0.308. The van der Waals surface area contributed by atoms with E-state index in [4.69, 9.17) is 0 Å². The quantitative estimate of drug-likeness (QED) is 0.409.